The summed E-state index contributed by atoms with van der Waals surface area (Å²) in [5.74, 6) is -1.68. The van der Waals surface area contributed by atoms with E-state index in [1.165, 1.54) is 17.0 Å². The highest BCUT2D eigenvalue weighted by Gasteiger charge is 2.22. The number of rotatable bonds is 5. The average molecular weight is 288 g/mol. The predicted molar refractivity (Wildman–Crippen MR) is 78.3 cm³/mol. The summed E-state index contributed by atoms with van der Waals surface area (Å²) < 4.78 is 13.8. The van der Waals surface area contributed by atoms with Gasteiger partial charge in [0.2, 0.25) is 0 Å². The smallest absolute Gasteiger partial charge is 0.260 e. The number of halogens is 1. The number of phenols is 1. The Bertz CT molecular complexity index is 597. The minimum atomic E-state index is -0.741. The van der Waals surface area contributed by atoms with Crippen LogP contribution in [0.3, 0.4) is 0 Å². The Kier molecular flexibility index (Phi) is 4.90. The number of amides is 1. The summed E-state index contributed by atoms with van der Waals surface area (Å²) in [6.07, 6.45) is 0. The number of aromatic hydroxyl groups is 1. The van der Waals surface area contributed by atoms with Crippen molar-refractivity contribution in [3.05, 3.63) is 65.5 Å². The van der Waals surface area contributed by atoms with Crippen LogP contribution in [-0.2, 0) is 6.54 Å². The van der Waals surface area contributed by atoms with Crippen molar-refractivity contribution in [2.75, 3.05) is 13.1 Å². The summed E-state index contributed by atoms with van der Waals surface area (Å²) in [7, 11) is 0. The number of benzene rings is 2. The van der Waals surface area contributed by atoms with Gasteiger partial charge in [0.15, 0.2) is 0 Å². The molecule has 2 aromatic carbocycles. The third kappa shape index (κ3) is 3.58. The van der Waals surface area contributed by atoms with E-state index in [-0.39, 0.29) is 24.4 Å². The van der Waals surface area contributed by atoms with Crippen LogP contribution in [0.5, 0.6) is 5.75 Å². The van der Waals surface area contributed by atoms with E-state index >= 15 is 0 Å². The molecule has 0 radical (unpaired) electrons. The maximum absolute atomic E-state index is 13.8. The van der Waals surface area contributed by atoms with Crippen LogP contribution >= 0.6 is 0 Å². The summed E-state index contributed by atoms with van der Waals surface area (Å²) in [6.45, 7) is 0.847. The van der Waals surface area contributed by atoms with Gasteiger partial charge in [0.05, 0.1) is 0 Å². The zero-order chi connectivity index (χ0) is 15.2. The number of carbonyl (C=O) groups excluding carboxylic acids is 1. The number of nitrogens with two attached hydrogens (primary N) is 1. The fourth-order valence-corrected chi connectivity index (χ4v) is 2.09. The first-order valence-electron chi connectivity index (χ1n) is 6.64. The van der Waals surface area contributed by atoms with E-state index in [4.69, 9.17) is 5.73 Å². The van der Waals surface area contributed by atoms with Crippen molar-refractivity contribution in [2.24, 2.45) is 5.73 Å². The standard InChI is InChI=1S/C16H17FN2O2/c17-13-7-4-8-14(20)15(13)16(21)19(10-9-18)11-12-5-2-1-3-6-12/h1-8,20H,9-11,18H2. The molecule has 3 N–H and O–H groups in total. The molecule has 0 heterocycles. The van der Waals surface area contributed by atoms with E-state index in [9.17, 15) is 14.3 Å². The molecule has 0 aliphatic rings. The van der Waals surface area contributed by atoms with Crippen LogP contribution < -0.4 is 5.73 Å². The van der Waals surface area contributed by atoms with Crippen LogP contribution in [-0.4, -0.2) is 29.0 Å². The first kappa shape index (κ1) is 15.0. The van der Waals surface area contributed by atoms with Crippen molar-refractivity contribution in [1.29, 1.82) is 0 Å². The van der Waals surface area contributed by atoms with Crippen molar-refractivity contribution >= 4 is 5.91 Å². The van der Waals surface area contributed by atoms with E-state index in [1.807, 2.05) is 30.3 Å². The second kappa shape index (κ2) is 6.85. The van der Waals surface area contributed by atoms with Gasteiger partial charge in [-0.3, -0.25) is 4.79 Å². The van der Waals surface area contributed by atoms with Crippen molar-refractivity contribution in [3.8, 4) is 5.75 Å². The number of hydrogen-bond donors (Lipinski definition) is 2. The molecular formula is C16H17FN2O2. The minimum absolute atomic E-state index is 0.258. The van der Waals surface area contributed by atoms with Crippen LogP contribution in [0.1, 0.15) is 15.9 Å². The highest BCUT2D eigenvalue weighted by Crippen LogP contribution is 2.22. The minimum Gasteiger partial charge on any atom is -0.507 e. The highest BCUT2D eigenvalue weighted by atomic mass is 19.1. The fraction of sp³-hybridized carbons (Fsp3) is 0.188. The van der Waals surface area contributed by atoms with E-state index in [1.54, 1.807) is 0 Å². The van der Waals surface area contributed by atoms with Crippen LogP contribution in [0.2, 0.25) is 0 Å². The zero-order valence-electron chi connectivity index (χ0n) is 11.5. The van der Waals surface area contributed by atoms with Gasteiger partial charge in [0.25, 0.3) is 5.91 Å². The lowest BCUT2D eigenvalue weighted by atomic mass is 10.1. The van der Waals surface area contributed by atoms with Gasteiger partial charge in [-0.05, 0) is 17.7 Å². The Morgan fingerprint density at radius 3 is 2.48 bits per heavy atom. The lowest BCUT2D eigenvalue weighted by Gasteiger charge is -2.23. The molecule has 0 aliphatic carbocycles. The Hall–Kier alpha value is -2.40. The van der Waals surface area contributed by atoms with Crippen molar-refractivity contribution in [3.63, 3.8) is 0 Å². The maximum Gasteiger partial charge on any atom is 0.260 e. The topological polar surface area (TPSA) is 66.6 Å². The third-order valence-corrected chi connectivity index (χ3v) is 3.11. The molecule has 110 valence electrons. The summed E-state index contributed by atoms with van der Waals surface area (Å²) in [4.78, 5) is 13.9. The second-order valence-corrected chi connectivity index (χ2v) is 4.63. The normalized spacial score (nSPS) is 10.4. The molecule has 0 saturated carbocycles. The first-order valence-corrected chi connectivity index (χ1v) is 6.64. The molecule has 0 aliphatic heterocycles. The predicted octanol–water partition coefficient (Wildman–Crippen LogP) is 2.13. The summed E-state index contributed by atoms with van der Waals surface area (Å²) >= 11 is 0. The van der Waals surface area contributed by atoms with Crippen LogP contribution in [0.15, 0.2) is 48.5 Å². The van der Waals surface area contributed by atoms with Crippen molar-refractivity contribution in [1.82, 2.24) is 4.90 Å². The lowest BCUT2D eigenvalue weighted by Crippen LogP contribution is -2.35. The SMILES string of the molecule is NCCN(Cc1ccccc1)C(=O)c1c(O)cccc1F. The van der Waals surface area contributed by atoms with Crippen LogP contribution in [0.4, 0.5) is 4.39 Å². The third-order valence-electron chi connectivity index (χ3n) is 3.11. The number of nitrogens with zero attached hydrogens (tertiary/aromatic N) is 1. The van der Waals surface area contributed by atoms with E-state index in [2.05, 4.69) is 0 Å². The number of phenolic OH excluding ortho intramolecular Hbond substituents is 1. The van der Waals surface area contributed by atoms with E-state index in [0.29, 0.717) is 6.54 Å². The van der Waals surface area contributed by atoms with Crippen molar-refractivity contribution in [2.45, 2.75) is 6.54 Å². The fourth-order valence-electron chi connectivity index (χ4n) is 2.09. The molecule has 0 aromatic heterocycles. The molecule has 5 heteroatoms. The van der Waals surface area contributed by atoms with Gasteiger partial charge in [-0.15, -0.1) is 0 Å². The summed E-state index contributed by atoms with van der Waals surface area (Å²) in [5, 5.41) is 9.73. The Morgan fingerprint density at radius 2 is 1.86 bits per heavy atom. The Morgan fingerprint density at radius 1 is 1.14 bits per heavy atom. The van der Waals surface area contributed by atoms with Gasteiger partial charge in [-0.25, -0.2) is 4.39 Å². The van der Waals surface area contributed by atoms with Gasteiger partial charge >= 0.3 is 0 Å². The zero-order valence-corrected chi connectivity index (χ0v) is 11.5. The molecule has 1 amide bonds. The number of carbonyl (C=O) groups is 1. The van der Waals surface area contributed by atoms with Gasteiger partial charge in [-0.1, -0.05) is 36.4 Å². The summed E-state index contributed by atoms with van der Waals surface area (Å²) in [6, 6.07) is 13.1. The Labute approximate surface area is 122 Å². The quantitative estimate of drug-likeness (QED) is 0.885. The molecule has 4 nitrogen and oxygen atoms in total. The number of hydrogen-bond acceptors (Lipinski definition) is 3. The van der Waals surface area contributed by atoms with E-state index < -0.39 is 11.7 Å². The summed E-state index contributed by atoms with van der Waals surface area (Å²) in [5.41, 5.74) is 6.12. The first-order chi connectivity index (χ1) is 10.1. The Balaban J connectivity index is 2.27. The molecule has 2 rings (SSSR count). The monoisotopic (exact) mass is 288 g/mol. The lowest BCUT2D eigenvalue weighted by molar-refractivity contribution is 0.0740. The van der Waals surface area contributed by atoms with Crippen molar-refractivity contribution < 1.29 is 14.3 Å². The van der Waals surface area contributed by atoms with Gasteiger partial charge < -0.3 is 15.7 Å². The highest BCUT2D eigenvalue weighted by molar-refractivity contribution is 5.97. The molecular weight excluding hydrogens is 271 g/mol. The second-order valence-electron chi connectivity index (χ2n) is 4.63. The largest absolute Gasteiger partial charge is 0.507 e. The van der Waals surface area contributed by atoms with Crippen LogP contribution in [0.25, 0.3) is 0 Å². The van der Waals surface area contributed by atoms with Crippen LogP contribution in [0, 0.1) is 5.82 Å². The van der Waals surface area contributed by atoms with Gasteiger partial charge in [0.1, 0.15) is 17.1 Å². The maximum atomic E-state index is 13.8. The van der Waals surface area contributed by atoms with Gasteiger partial charge in [0, 0.05) is 19.6 Å². The molecule has 2 aromatic rings. The van der Waals surface area contributed by atoms with E-state index in [0.717, 1.165) is 11.6 Å². The molecule has 21 heavy (non-hydrogen) atoms. The average Bonchev–Trinajstić information content (AvgIpc) is 2.47. The molecule has 0 atom stereocenters. The molecule has 0 saturated heterocycles. The van der Waals surface area contributed by atoms with Gasteiger partial charge in [-0.2, -0.15) is 0 Å². The molecule has 0 unspecified atom stereocenters. The molecule has 0 fully saturated rings. The molecule has 0 bridgehead atoms. The molecule has 0 spiro atoms.